The summed E-state index contributed by atoms with van der Waals surface area (Å²) in [5.41, 5.74) is 2.12. The molecule has 1 unspecified atom stereocenters. The summed E-state index contributed by atoms with van der Waals surface area (Å²) >= 11 is 0. The van der Waals surface area contributed by atoms with Crippen molar-refractivity contribution in [3.05, 3.63) is 29.8 Å². The Morgan fingerprint density at radius 3 is 3.12 bits per heavy atom. The van der Waals surface area contributed by atoms with Crippen LogP contribution in [-0.2, 0) is 4.79 Å². The van der Waals surface area contributed by atoms with Gasteiger partial charge in [-0.2, -0.15) is 0 Å². The summed E-state index contributed by atoms with van der Waals surface area (Å²) in [7, 11) is 1.74. The van der Waals surface area contributed by atoms with Gasteiger partial charge in [0.05, 0.1) is 12.5 Å². The van der Waals surface area contributed by atoms with Gasteiger partial charge >= 0.3 is 0 Å². The van der Waals surface area contributed by atoms with Crippen molar-refractivity contribution in [1.82, 2.24) is 4.90 Å². The molecular formula is C13H14N2O. The smallest absolute Gasteiger partial charge is 0.232 e. The molecule has 3 nitrogen and oxygen atoms in total. The van der Waals surface area contributed by atoms with Crippen molar-refractivity contribution in [2.75, 3.05) is 25.5 Å². The SMILES string of the molecule is C#CCN(C)C(=O)C1CNc2ccccc21. The lowest BCUT2D eigenvalue weighted by molar-refractivity contribution is -0.130. The van der Waals surface area contributed by atoms with Crippen LogP contribution in [0.25, 0.3) is 0 Å². The molecular weight excluding hydrogens is 200 g/mol. The van der Waals surface area contributed by atoms with E-state index in [1.54, 1.807) is 11.9 Å². The van der Waals surface area contributed by atoms with Gasteiger partial charge < -0.3 is 10.2 Å². The molecule has 0 aliphatic carbocycles. The lowest BCUT2D eigenvalue weighted by atomic mass is 10.00. The second kappa shape index (κ2) is 4.28. The van der Waals surface area contributed by atoms with Crippen LogP contribution in [0.4, 0.5) is 5.69 Å². The van der Waals surface area contributed by atoms with Gasteiger partial charge in [0.15, 0.2) is 0 Å². The number of nitrogens with zero attached hydrogens (tertiary/aromatic N) is 1. The van der Waals surface area contributed by atoms with Crippen LogP contribution in [-0.4, -0.2) is 30.9 Å². The number of para-hydroxylation sites is 1. The summed E-state index contributed by atoms with van der Waals surface area (Å²) in [6.07, 6.45) is 5.20. The number of carbonyl (C=O) groups is 1. The van der Waals surface area contributed by atoms with Crippen LogP contribution < -0.4 is 5.32 Å². The highest BCUT2D eigenvalue weighted by Gasteiger charge is 2.29. The second-order valence-electron chi connectivity index (χ2n) is 3.92. The number of likely N-dealkylation sites (N-methyl/N-ethyl adjacent to an activating group) is 1. The first-order valence-corrected chi connectivity index (χ1v) is 5.25. The highest BCUT2D eigenvalue weighted by Crippen LogP contribution is 2.31. The molecule has 2 rings (SSSR count). The van der Waals surface area contributed by atoms with E-state index >= 15 is 0 Å². The summed E-state index contributed by atoms with van der Waals surface area (Å²) in [5, 5.41) is 3.23. The van der Waals surface area contributed by atoms with E-state index < -0.39 is 0 Å². The van der Waals surface area contributed by atoms with E-state index in [1.807, 2.05) is 24.3 Å². The van der Waals surface area contributed by atoms with Gasteiger partial charge in [0.1, 0.15) is 0 Å². The molecule has 0 spiro atoms. The third-order valence-corrected chi connectivity index (χ3v) is 2.84. The summed E-state index contributed by atoms with van der Waals surface area (Å²) < 4.78 is 0. The van der Waals surface area contributed by atoms with Gasteiger partial charge in [-0.1, -0.05) is 24.1 Å². The molecule has 1 aliphatic rings. The Morgan fingerprint density at radius 2 is 2.38 bits per heavy atom. The number of anilines is 1. The van der Waals surface area contributed by atoms with Gasteiger partial charge in [0.2, 0.25) is 5.91 Å². The second-order valence-corrected chi connectivity index (χ2v) is 3.92. The van der Waals surface area contributed by atoms with Gasteiger partial charge in [-0.15, -0.1) is 6.42 Å². The first-order chi connectivity index (χ1) is 7.74. The molecule has 16 heavy (non-hydrogen) atoms. The number of rotatable bonds is 2. The van der Waals surface area contributed by atoms with Crippen LogP contribution in [0.5, 0.6) is 0 Å². The fourth-order valence-corrected chi connectivity index (χ4v) is 1.99. The molecule has 1 heterocycles. The Labute approximate surface area is 95.5 Å². The van der Waals surface area contributed by atoms with E-state index in [-0.39, 0.29) is 11.8 Å². The number of amides is 1. The molecule has 82 valence electrons. The van der Waals surface area contributed by atoms with Crippen LogP contribution in [0.2, 0.25) is 0 Å². The predicted octanol–water partition coefficient (Wildman–Crippen LogP) is 1.29. The van der Waals surface area contributed by atoms with Crippen molar-refractivity contribution in [2.24, 2.45) is 0 Å². The highest BCUT2D eigenvalue weighted by atomic mass is 16.2. The third-order valence-electron chi connectivity index (χ3n) is 2.84. The minimum atomic E-state index is -0.102. The van der Waals surface area contributed by atoms with Gasteiger partial charge in [-0.3, -0.25) is 4.79 Å². The van der Waals surface area contributed by atoms with Crippen LogP contribution in [0, 0.1) is 12.3 Å². The summed E-state index contributed by atoms with van der Waals surface area (Å²) in [5.74, 6) is 2.46. The maximum absolute atomic E-state index is 12.1. The Balaban J connectivity index is 2.20. The molecule has 0 bridgehead atoms. The van der Waals surface area contributed by atoms with Crippen molar-refractivity contribution < 1.29 is 4.79 Å². The van der Waals surface area contributed by atoms with E-state index in [0.717, 1.165) is 11.3 Å². The number of nitrogens with one attached hydrogen (secondary N) is 1. The van der Waals surface area contributed by atoms with E-state index in [1.165, 1.54) is 0 Å². The number of carbonyl (C=O) groups excluding carboxylic acids is 1. The van der Waals surface area contributed by atoms with Gasteiger partial charge in [0, 0.05) is 19.3 Å². The zero-order valence-corrected chi connectivity index (χ0v) is 9.23. The molecule has 1 atom stereocenters. The standard InChI is InChI=1S/C13H14N2O/c1-3-8-15(2)13(16)11-9-14-12-7-5-4-6-10(11)12/h1,4-7,11,14H,8-9H2,2H3. The minimum Gasteiger partial charge on any atom is -0.384 e. The van der Waals surface area contributed by atoms with Crippen LogP contribution in [0.15, 0.2) is 24.3 Å². The topological polar surface area (TPSA) is 32.3 Å². The number of terminal acetylenes is 1. The van der Waals surface area contributed by atoms with Gasteiger partial charge in [-0.05, 0) is 11.6 Å². The van der Waals surface area contributed by atoms with Gasteiger partial charge in [0.25, 0.3) is 0 Å². The quantitative estimate of drug-likeness (QED) is 0.752. The molecule has 1 aromatic carbocycles. The molecule has 0 aromatic heterocycles. The zero-order chi connectivity index (χ0) is 11.5. The Kier molecular flexibility index (Phi) is 2.82. The average molecular weight is 214 g/mol. The average Bonchev–Trinajstić information content (AvgIpc) is 2.72. The van der Waals surface area contributed by atoms with Crippen molar-refractivity contribution in [2.45, 2.75) is 5.92 Å². The first kappa shape index (κ1) is 10.6. The van der Waals surface area contributed by atoms with Crippen LogP contribution in [0.1, 0.15) is 11.5 Å². The normalized spacial score (nSPS) is 17.1. The van der Waals surface area contributed by atoms with Crippen molar-refractivity contribution >= 4 is 11.6 Å². The van der Waals surface area contributed by atoms with E-state index in [0.29, 0.717) is 13.1 Å². The largest absolute Gasteiger partial charge is 0.384 e. The molecule has 3 heteroatoms. The summed E-state index contributed by atoms with van der Waals surface area (Å²) in [4.78, 5) is 13.7. The number of hydrogen-bond acceptors (Lipinski definition) is 2. The van der Waals surface area contributed by atoms with E-state index in [2.05, 4.69) is 11.2 Å². The first-order valence-electron chi connectivity index (χ1n) is 5.25. The molecule has 0 saturated carbocycles. The van der Waals surface area contributed by atoms with Crippen molar-refractivity contribution in [1.29, 1.82) is 0 Å². The Morgan fingerprint density at radius 1 is 1.62 bits per heavy atom. The highest BCUT2D eigenvalue weighted by molar-refractivity contribution is 5.88. The molecule has 1 aliphatic heterocycles. The maximum Gasteiger partial charge on any atom is 0.232 e. The van der Waals surface area contributed by atoms with E-state index in [9.17, 15) is 4.79 Å². The minimum absolute atomic E-state index is 0.0791. The molecule has 0 saturated heterocycles. The Hall–Kier alpha value is -1.95. The number of hydrogen-bond donors (Lipinski definition) is 1. The van der Waals surface area contributed by atoms with Crippen molar-refractivity contribution in [3.63, 3.8) is 0 Å². The molecule has 0 fully saturated rings. The summed E-state index contributed by atoms with van der Waals surface area (Å²) in [6.45, 7) is 1.02. The van der Waals surface area contributed by atoms with Crippen LogP contribution in [0.3, 0.4) is 0 Å². The maximum atomic E-state index is 12.1. The Bertz CT molecular complexity index is 447. The third kappa shape index (κ3) is 1.74. The fraction of sp³-hybridized carbons (Fsp3) is 0.308. The summed E-state index contributed by atoms with van der Waals surface area (Å²) in [6, 6.07) is 7.89. The lowest BCUT2D eigenvalue weighted by Gasteiger charge is -2.18. The molecule has 1 amide bonds. The number of benzene rings is 1. The van der Waals surface area contributed by atoms with Crippen molar-refractivity contribution in [3.8, 4) is 12.3 Å². The predicted molar refractivity (Wildman–Crippen MR) is 64.1 cm³/mol. The van der Waals surface area contributed by atoms with Gasteiger partial charge in [-0.25, -0.2) is 0 Å². The zero-order valence-electron chi connectivity index (χ0n) is 9.23. The fourth-order valence-electron chi connectivity index (χ4n) is 1.99. The van der Waals surface area contributed by atoms with E-state index in [4.69, 9.17) is 6.42 Å². The molecule has 1 N–H and O–H groups in total. The van der Waals surface area contributed by atoms with Crippen LogP contribution >= 0.6 is 0 Å². The number of fused-ring (bicyclic) bond motifs is 1. The molecule has 0 radical (unpaired) electrons. The molecule has 1 aromatic rings. The monoisotopic (exact) mass is 214 g/mol. The lowest BCUT2D eigenvalue weighted by Crippen LogP contribution is -2.32.